The van der Waals surface area contributed by atoms with Crippen LogP contribution in [-0.4, -0.2) is 10.9 Å². The third kappa shape index (κ3) is 2.79. The number of fused-ring (bicyclic) bond motifs is 1. The molecule has 1 N–H and O–H groups in total. The number of carbonyl (C=O) groups is 1. The molecule has 0 aromatic carbocycles. The molecule has 0 fully saturated rings. The van der Waals surface area contributed by atoms with Crippen molar-refractivity contribution in [1.29, 1.82) is 0 Å². The Morgan fingerprint density at radius 1 is 1.35 bits per heavy atom. The number of nitrogens with one attached hydrogen (secondary N) is 1. The fraction of sp³-hybridized carbons (Fsp3) is 0.333. The Morgan fingerprint density at radius 2 is 2.15 bits per heavy atom. The number of aromatic nitrogens is 1. The van der Waals surface area contributed by atoms with Crippen LogP contribution in [0.4, 0.5) is 5.69 Å². The zero-order chi connectivity index (χ0) is 14.1. The molecule has 0 atom stereocenters. The molecule has 5 heteroatoms. The Kier molecular flexibility index (Phi) is 3.89. The van der Waals surface area contributed by atoms with Crippen molar-refractivity contribution in [1.82, 2.24) is 4.98 Å². The summed E-state index contributed by atoms with van der Waals surface area (Å²) in [7, 11) is 0. The van der Waals surface area contributed by atoms with E-state index in [2.05, 4.69) is 32.3 Å². The van der Waals surface area contributed by atoms with Crippen LogP contribution in [0, 0.1) is 6.92 Å². The van der Waals surface area contributed by atoms with Crippen LogP contribution in [-0.2, 0) is 12.8 Å². The van der Waals surface area contributed by atoms with Gasteiger partial charge < -0.3 is 5.32 Å². The van der Waals surface area contributed by atoms with Crippen LogP contribution in [0.15, 0.2) is 22.8 Å². The molecule has 0 unspecified atom stereocenters. The molecule has 2 aromatic heterocycles. The summed E-state index contributed by atoms with van der Waals surface area (Å²) < 4.78 is 0.777. The molecule has 0 bridgehead atoms. The van der Waals surface area contributed by atoms with E-state index < -0.39 is 0 Å². The summed E-state index contributed by atoms with van der Waals surface area (Å²) in [6.45, 7) is 1.89. The van der Waals surface area contributed by atoms with Gasteiger partial charge in [-0.3, -0.25) is 4.79 Å². The predicted molar refractivity (Wildman–Crippen MR) is 85.6 cm³/mol. The maximum absolute atomic E-state index is 12.3. The quantitative estimate of drug-likeness (QED) is 0.818. The van der Waals surface area contributed by atoms with E-state index in [0.29, 0.717) is 0 Å². The lowest BCUT2D eigenvalue weighted by Crippen LogP contribution is -2.11. The number of nitrogens with zero attached hydrogens (tertiary/aromatic N) is 1. The maximum atomic E-state index is 12.3. The lowest BCUT2D eigenvalue weighted by molar-refractivity contribution is 0.103. The van der Waals surface area contributed by atoms with Gasteiger partial charge in [-0.05, 0) is 72.3 Å². The van der Waals surface area contributed by atoms with Crippen LogP contribution in [0.25, 0.3) is 0 Å². The highest BCUT2D eigenvalue weighted by Gasteiger charge is 2.17. The Labute approximate surface area is 130 Å². The Bertz CT molecular complexity index is 642. The predicted octanol–water partition coefficient (Wildman–Crippen LogP) is 4.35. The smallest absolute Gasteiger partial charge is 0.265 e. The van der Waals surface area contributed by atoms with Crippen molar-refractivity contribution in [3.63, 3.8) is 0 Å². The minimum Gasteiger partial charge on any atom is -0.320 e. The van der Waals surface area contributed by atoms with E-state index in [9.17, 15) is 4.79 Å². The van der Waals surface area contributed by atoms with Gasteiger partial charge in [-0.25, -0.2) is 4.98 Å². The van der Waals surface area contributed by atoms with Crippen LogP contribution < -0.4 is 5.32 Å². The summed E-state index contributed by atoms with van der Waals surface area (Å²) in [5.41, 5.74) is 2.94. The molecule has 0 saturated heterocycles. The van der Waals surface area contributed by atoms with Crippen molar-refractivity contribution in [2.45, 2.75) is 32.6 Å². The normalized spacial score (nSPS) is 13.9. The van der Waals surface area contributed by atoms with E-state index in [-0.39, 0.29) is 5.91 Å². The van der Waals surface area contributed by atoms with Crippen molar-refractivity contribution in [3.8, 4) is 0 Å². The van der Waals surface area contributed by atoms with Gasteiger partial charge in [0.1, 0.15) is 4.60 Å². The van der Waals surface area contributed by atoms with Gasteiger partial charge >= 0.3 is 0 Å². The molecular weight excluding hydrogens is 336 g/mol. The van der Waals surface area contributed by atoms with Gasteiger partial charge in [0, 0.05) is 4.88 Å². The van der Waals surface area contributed by atoms with Crippen molar-refractivity contribution in [2.75, 3.05) is 5.32 Å². The molecular formula is C15H15BrN2OS. The zero-order valence-corrected chi connectivity index (χ0v) is 13.6. The summed E-state index contributed by atoms with van der Waals surface area (Å²) in [4.78, 5) is 18.8. The van der Waals surface area contributed by atoms with Crippen molar-refractivity contribution < 1.29 is 4.79 Å². The first kappa shape index (κ1) is 13.8. The SMILES string of the molecule is Cc1nc(Br)ccc1NC(=O)c1cc2c(s1)CCCC2. The first-order valence-electron chi connectivity index (χ1n) is 6.69. The van der Waals surface area contributed by atoms with Crippen LogP contribution in [0.1, 0.15) is 38.6 Å². The monoisotopic (exact) mass is 350 g/mol. The highest BCUT2D eigenvalue weighted by Crippen LogP contribution is 2.30. The summed E-state index contributed by atoms with van der Waals surface area (Å²) in [6.07, 6.45) is 4.70. The first-order valence-corrected chi connectivity index (χ1v) is 8.30. The number of pyridine rings is 1. The van der Waals surface area contributed by atoms with E-state index in [1.807, 2.05) is 19.1 Å². The highest BCUT2D eigenvalue weighted by molar-refractivity contribution is 9.10. The maximum Gasteiger partial charge on any atom is 0.265 e. The second-order valence-electron chi connectivity index (χ2n) is 4.99. The lowest BCUT2D eigenvalue weighted by atomic mass is 9.99. The van der Waals surface area contributed by atoms with Crippen molar-refractivity contribution in [2.24, 2.45) is 0 Å². The molecule has 0 radical (unpaired) electrons. The molecule has 1 aliphatic carbocycles. The third-order valence-electron chi connectivity index (χ3n) is 3.52. The number of halogens is 1. The van der Waals surface area contributed by atoms with Crippen LogP contribution in [0.5, 0.6) is 0 Å². The second kappa shape index (κ2) is 5.66. The van der Waals surface area contributed by atoms with Gasteiger partial charge in [-0.1, -0.05) is 0 Å². The number of aryl methyl sites for hydroxylation is 3. The van der Waals surface area contributed by atoms with Gasteiger partial charge in [-0.2, -0.15) is 0 Å². The molecule has 0 spiro atoms. The average Bonchev–Trinajstić information content (AvgIpc) is 2.86. The topological polar surface area (TPSA) is 42.0 Å². The summed E-state index contributed by atoms with van der Waals surface area (Å²) >= 11 is 4.95. The average molecular weight is 351 g/mol. The summed E-state index contributed by atoms with van der Waals surface area (Å²) in [6, 6.07) is 5.76. The van der Waals surface area contributed by atoms with E-state index in [0.717, 1.165) is 33.7 Å². The van der Waals surface area contributed by atoms with E-state index in [1.54, 1.807) is 11.3 Å². The number of carbonyl (C=O) groups excluding carboxylic acids is 1. The molecule has 3 nitrogen and oxygen atoms in total. The Hall–Kier alpha value is -1.20. The number of thiophene rings is 1. The Morgan fingerprint density at radius 3 is 2.90 bits per heavy atom. The fourth-order valence-electron chi connectivity index (χ4n) is 2.45. The van der Waals surface area contributed by atoms with Crippen molar-refractivity contribution >= 4 is 38.9 Å². The lowest BCUT2D eigenvalue weighted by Gasteiger charge is -2.08. The Balaban J connectivity index is 1.80. The first-order chi connectivity index (χ1) is 9.63. The molecule has 104 valence electrons. The van der Waals surface area contributed by atoms with Gasteiger partial charge in [0.15, 0.2) is 0 Å². The van der Waals surface area contributed by atoms with Crippen LogP contribution in [0.3, 0.4) is 0 Å². The van der Waals surface area contributed by atoms with Gasteiger partial charge in [0.25, 0.3) is 5.91 Å². The second-order valence-corrected chi connectivity index (χ2v) is 6.94. The van der Waals surface area contributed by atoms with Crippen LogP contribution >= 0.6 is 27.3 Å². The standard InChI is InChI=1S/C15H15BrN2OS/c1-9-11(6-7-14(16)17-9)18-15(19)13-8-10-4-2-3-5-12(10)20-13/h6-8H,2-5H2,1H3,(H,18,19). The number of anilines is 1. The number of rotatable bonds is 2. The number of hydrogen-bond donors (Lipinski definition) is 1. The minimum atomic E-state index is -0.0309. The summed E-state index contributed by atoms with van der Waals surface area (Å²) in [5, 5.41) is 2.95. The third-order valence-corrected chi connectivity index (χ3v) is 5.20. The van der Waals surface area contributed by atoms with Gasteiger partial charge in [-0.15, -0.1) is 11.3 Å². The number of hydrogen-bond acceptors (Lipinski definition) is 3. The largest absolute Gasteiger partial charge is 0.320 e. The molecule has 2 heterocycles. The molecule has 2 aromatic rings. The molecule has 1 amide bonds. The minimum absolute atomic E-state index is 0.0309. The number of amides is 1. The van der Waals surface area contributed by atoms with E-state index in [1.165, 1.54) is 23.3 Å². The fourth-order valence-corrected chi connectivity index (χ4v) is 4.00. The van der Waals surface area contributed by atoms with E-state index in [4.69, 9.17) is 0 Å². The molecule has 3 rings (SSSR count). The molecule has 0 saturated carbocycles. The van der Waals surface area contributed by atoms with E-state index >= 15 is 0 Å². The molecule has 1 aliphatic rings. The van der Waals surface area contributed by atoms with Gasteiger partial charge in [0.05, 0.1) is 16.3 Å². The van der Waals surface area contributed by atoms with Crippen molar-refractivity contribution in [3.05, 3.63) is 43.8 Å². The molecule has 0 aliphatic heterocycles. The van der Waals surface area contributed by atoms with Crippen LogP contribution in [0.2, 0.25) is 0 Å². The highest BCUT2D eigenvalue weighted by atomic mass is 79.9. The summed E-state index contributed by atoms with van der Waals surface area (Å²) in [5.74, 6) is -0.0309. The zero-order valence-electron chi connectivity index (χ0n) is 11.2. The van der Waals surface area contributed by atoms with Gasteiger partial charge in [0.2, 0.25) is 0 Å². The molecule has 20 heavy (non-hydrogen) atoms.